The topological polar surface area (TPSA) is 64.6 Å². The molecule has 0 fully saturated rings. The number of benzene rings is 1. The molecule has 0 aliphatic carbocycles. The molecule has 1 aromatic carbocycles. The lowest BCUT2D eigenvalue weighted by molar-refractivity contribution is -0.139. The molecule has 22 heavy (non-hydrogen) atoms. The number of esters is 1. The van der Waals surface area contributed by atoms with Gasteiger partial charge in [-0.05, 0) is 29.1 Å². The lowest BCUT2D eigenvalue weighted by Crippen LogP contribution is -2.28. The Hall–Kier alpha value is -2.34. The van der Waals surface area contributed by atoms with Crippen LogP contribution in [0, 0.1) is 0 Å². The van der Waals surface area contributed by atoms with Crippen molar-refractivity contribution in [2.45, 2.75) is 13.0 Å². The van der Waals surface area contributed by atoms with Crippen LogP contribution in [0.5, 0.6) is 5.75 Å². The molecule has 1 N–H and O–H groups in total. The molecular formula is C16H17NO4S. The minimum atomic E-state index is -0.290. The van der Waals surface area contributed by atoms with Crippen LogP contribution in [0.4, 0.5) is 0 Å². The third kappa shape index (κ3) is 5.21. The van der Waals surface area contributed by atoms with Crippen molar-refractivity contribution < 1.29 is 19.1 Å². The smallest absolute Gasteiger partial charge is 0.309 e. The summed E-state index contributed by atoms with van der Waals surface area (Å²) in [6.45, 7) is 0.472. The van der Waals surface area contributed by atoms with Crippen LogP contribution < -0.4 is 10.1 Å². The fourth-order valence-corrected chi connectivity index (χ4v) is 2.39. The molecule has 2 aromatic rings. The number of methoxy groups -OCH3 is 1. The summed E-state index contributed by atoms with van der Waals surface area (Å²) in [5.74, 6) is 0.119. The van der Waals surface area contributed by atoms with Crippen molar-refractivity contribution in [3.63, 3.8) is 0 Å². The van der Waals surface area contributed by atoms with Gasteiger partial charge in [0, 0.05) is 4.88 Å². The van der Waals surface area contributed by atoms with Crippen LogP contribution in [-0.2, 0) is 27.3 Å². The molecule has 0 saturated carbocycles. The Morgan fingerprint density at radius 1 is 1.18 bits per heavy atom. The second kappa shape index (κ2) is 8.19. The highest BCUT2D eigenvalue weighted by Gasteiger charge is 2.05. The fourth-order valence-electron chi connectivity index (χ4n) is 1.74. The molecule has 0 atom stereocenters. The molecule has 6 heteroatoms. The van der Waals surface area contributed by atoms with Crippen molar-refractivity contribution in [3.05, 3.63) is 52.2 Å². The van der Waals surface area contributed by atoms with Crippen LogP contribution in [-0.4, -0.2) is 25.6 Å². The van der Waals surface area contributed by atoms with Crippen molar-refractivity contribution in [2.24, 2.45) is 0 Å². The highest BCUT2D eigenvalue weighted by atomic mass is 32.1. The summed E-state index contributed by atoms with van der Waals surface area (Å²) >= 11 is 1.59. The molecule has 1 amide bonds. The number of carbonyl (C=O) groups is 2. The third-order valence-corrected chi connectivity index (χ3v) is 3.79. The number of hydrogen-bond acceptors (Lipinski definition) is 5. The van der Waals surface area contributed by atoms with Gasteiger partial charge in [0.1, 0.15) is 5.75 Å². The minimum absolute atomic E-state index is 0.0400. The Labute approximate surface area is 132 Å². The Bertz CT molecular complexity index is 608. The van der Waals surface area contributed by atoms with Crippen LogP contribution in [0.15, 0.2) is 41.8 Å². The van der Waals surface area contributed by atoms with E-state index in [1.165, 1.54) is 7.11 Å². The van der Waals surface area contributed by atoms with Gasteiger partial charge in [0.2, 0.25) is 0 Å². The van der Waals surface area contributed by atoms with E-state index in [1.54, 1.807) is 35.6 Å². The monoisotopic (exact) mass is 319 g/mol. The summed E-state index contributed by atoms with van der Waals surface area (Å²) in [5.41, 5.74) is 0.835. The van der Waals surface area contributed by atoms with Gasteiger partial charge in [0.25, 0.3) is 5.91 Å². The Kier molecular flexibility index (Phi) is 5.97. The molecule has 0 aliphatic rings. The van der Waals surface area contributed by atoms with Gasteiger partial charge in [-0.3, -0.25) is 9.59 Å². The molecule has 0 aliphatic heterocycles. The van der Waals surface area contributed by atoms with Gasteiger partial charge in [-0.2, -0.15) is 0 Å². The van der Waals surface area contributed by atoms with Crippen LogP contribution in [0.3, 0.4) is 0 Å². The van der Waals surface area contributed by atoms with Gasteiger partial charge in [0.15, 0.2) is 6.61 Å². The Morgan fingerprint density at radius 2 is 1.95 bits per heavy atom. The summed E-state index contributed by atoms with van der Waals surface area (Å²) < 4.78 is 10.00. The molecule has 0 spiro atoms. The van der Waals surface area contributed by atoms with Crippen LogP contribution in [0.2, 0.25) is 0 Å². The van der Waals surface area contributed by atoms with E-state index in [0.717, 1.165) is 10.4 Å². The van der Waals surface area contributed by atoms with Crippen molar-refractivity contribution in [2.75, 3.05) is 13.7 Å². The number of hydrogen-bond donors (Lipinski definition) is 1. The molecular weight excluding hydrogens is 302 g/mol. The molecule has 0 unspecified atom stereocenters. The summed E-state index contributed by atoms with van der Waals surface area (Å²) in [7, 11) is 1.36. The first-order valence-electron chi connectivity index (χ1n) is 6.75. The average molecular weight is 319 g/mol. The molecule has 116 valence electrons. The van der Waals surface area contributed by atoms with Crippen LogP contribution in [0.25, 0.3) is 0 Å². The van der Waals surface area contributed by atoms with E-state index in [2.05, 4.69) is 10.1 Å². The fraction of sp³-hybridized carbons (Fsp3) is 0.250. The minimum Gasteiger partial charge on any atom is -0.484 e. The normalized spacial score (nSPS) is 10.0. The second-order valence-electron chi connectivity index (χ2n) is 4.54. The first-order chi connectivity index (χ1) is 10.7. The number of carbonyl (C=O) groups excluding carboxylic acids is 2. The van der Waals surface area contributed by atoms with E-state index in [1.807, 2.05) is 17.5 Å². The van der Waals surface area contributed by atoms with Gasteiger partial charge in [0.05, 0.1) is 20.1 Å². The lowest BCUT2D eigenvalue weighted by Gasteiger charge is -2.07. The van der Waals surface area contributed by atoms with Gasteiger partial charge in [-0.15, -0.1) is 11.3 Å². The standard InChI is InChI=1S/C16H17NO4S/c1-20-16(19)9-12-4-6-13(7-5-12)21-11-15(18)17-10-14-3-2-8-22-14/h2-8H,9-11H2,1H3,(H,17,18). The summed E-state index contributed by atoms with van der Waals surface area (Å²) in [5, 5.41) is 4.75. The van der Waals surface area contributed by atoms with Crippen molar-refractivity contribution in [1.82, 2.24) is 5.32 Å². The Balaban J connectivity index is 1.74. The maximum Gasteiger partial charge on any atom is 0.309 e. The largest absolute Gasteiger partial charge is 0.484 e. The first kappa shape index (κ1) is 16.0. The highest BCUT2D eigenvalue weighted by molar-refractivity contribution is 7.09. The zero-order valence-corrected chi connectivity index (χ0v) is 13.0. The average Bonchev–Trinajstić information content (AvgIpc) is 3.05. The summed E-state index contributed by atoms with van der Waals surface area (Å²) in [4.78, 5) is 23.9. The number of rotatable bonds is 7. The SMILES string of the molecule is COC(=O)Cc1ccc(OCC(=O)NCc2cccs2)cc1. The zero-order valence-electron chi connectivity index (χ0n) is 12.2. The van der Waals surface area contributed by atoms with E-state index in [4.69, 9.17) is 4.74 Å². The zero-order chi connectivity index (χ0) is 15.8. The van der Waals surface area contributed by atoms with E-state index < -0.39 is 0 Å². The van der Waals surface area contributed by atoms with E-state index in [0.29, 0.717) is 12.3 Å². The van der Waals surface area contributed by atoms with Crippen LogP contribution in [0.1, 0.15) is 10.4 Å². The second-order valence-corrected chi connectivity index (χ2v) is 5.57. The summed E-state index contributed by atoms with van der Waals surface area (Å²) in [6, 6.07) is 10.9. The third-order valence-electron chi connectivity index (χ3n) is 2.91. The molecule has 5 nitrogen and oxygen atoms in total. The van der Waals surface area contributed by atoms with Crippen LogP contribution >= 0.6 is 11.3 Å². The molecule has 0 saturated heterocycles. The van der Waals surface area contributed by atoms with Gasteiger partial charge >= 0.3 is 5.97 Å². The van der Waals surface area contributed by atoms with E-state index in [-0.39, 0.29) is 24.9 Å². The summed E-state index contributed by atoms with van der Waals surface area (Å²) in [6.07, 6.45) is 0.220. The predicted molar refractivity (Wildman–Crippen MR) is 83.8 cm³/mol. The maximum absolute atomic E-state index is 11.7. The molecule has 0 radical (unpaired) electrons. The lowest BCUT2D eigenvalue weighted by atomic mass is 10.1. The number of ether oxygens (including phenoxy) is 2. The number of amides is 1. The van der Waals surface area contributed by atoms with Crippen molar-refractivity contribution in [1.29, 1.82) is 0 Å². The van der Waals surface area contributed by atoms with E-state index >= 15 is 0 Å². The quantitative estimate of drug-likeness (QED) is 0.794. The maximum atomic E-state index is 11.7. The predicted octanol–water partition coefficient (Wildman–Crippen LogP) is 2.16. The molecule has 1 heterocycles. The Morgan fingerprint density at radius 3 is 2.59 bits per heavy atom. The van der Waals surface area contributed by atoms with Gasteiger partial charge in [-0.1, -0.05) is 18.2 Å². The first-order valence-corrected chi connectivity index (χ1v) is 7.63. The molecule has 2 rings (SSSR count). The number of nitrogens with one attached hydrogen (secondary N) is 1. The van der Waals surface area contributed by atoms with Crippen molar-refractivity contribution >= 4 is 23.2 Å². The number of thiophene rings is 1. The highest BCUT2D eigenvalue weighted by Crippen LogP contribution is 2.13. The van der Waals surface area contributed by atoms with Gasteiger partial charge in [-0.25, -0.2) is 0 Å². The van der Waals surface area contributed by atoms with Crippen molar-refractivity contribution in [3.8, 4) is 5.75 Å². The van der Waals surface area contributed by atoms with E-state index in [9.17, 15) is 9.59 Å². The molecule has 0 bridgehead atoms. The molecule has 1 aromatic heterocycles. The van der Waals surface area contributed by atoms with Gasteiger partial charge < -0.3 is 14.8 Å².